The maximum atomic E-state index is 12.5. The minimum absolute atomic E-state index is 0.286. The summed E-state index contributed by atoms with van der Waals surface area (Å²) in [4.78, 5) is 14.5. The van der Waals surface area contributed by atoms with Gasteiger partial charge in [0, 0.05) is 13.1 Å². The van der Waals surface area contributed by atoms with Gasteiger partial charge in [0.05, 0.1) is 6.42 Å². The van der Waals surface area contributed by atoms with Crippen molar-refractivity contribution in [1.82, 2.24) is 10.2 Å². The van der Waals surface area contributed by atoms with Crippen molar-refractivity contribution < 1.29 is 4.79 Å². The minimum atomic E-state index is 0.286. The van der Waals surface area contributed by atoms with Crippen LogP contribution in [-0.4, -0.2) is 37.5 Å². The van der Waals surface area contributed by atoms with Gasteiger partial charge in [0.25, 0.3) is 0 Å². The summed E-state index contributed by atoms with van der Waals surface area (Å²) < 4.78 is 0. The van der Waals surface area contributed by atoms with Gasteiger partial charge in [0.2, 0.25) is 5.91 Å². The van der Waals surface area contributed by atoms with E-state index in [4.69, 9.17) is 0 Å². The van der Waals surface area contributed by atoms with Crippen LogP contribution in [0.4, 0.5) is 0 Å². The van der Waals surface area contributed by atoms with Gasteiger partial charge < -0.3 is 10.2 Å². The average Bonchev–Trinajstić information content (AvgIpc) is 2.54. The fraction of sp³-hybridized carbons (Fsp3) is 0.650. The summed E-state index contributed by atoms with van der Waals surface area (Å²) in [5.74, 6) is 1.74. The Balaban J connectivity index is 1.78. The van der Waals surface area contributed by atoms with Gasteiger partial charge in [-0.1, -0.05) is 38.1 Å². The number of piperidine rings is 1. The van der Waals surface area contributed by atoms with Gasteiger partial charge in [-0.2, -0.15) is 0 Å². The number of rotatable bonds is 7. The predicted octanol–water partition coefficient (Wildman–Crippen LogP) is 3.28. The van der Waals surface area contributed by atoms with Gasteiger partial charge in [-0.05, 0) is 62.2 Å². The molecule has 1 aromatic carbocycles. The van der Waals surface area contributed by atoms with Crippen LogP contribution in [0, 0.1) is 11.8 Å². The standard InChI is InChI=1S/C20H32N2O/c1-16(2)14-18-4-6-19(7-5-18)15-20(23)22-12-9-17(10-13-22)8-11-21-3/h4-7,16-17,21H,8-15H2,1-3H3. The van der Waals surface area contributed by atoms with Crippen molar-refractivity contribution in [2.45, 2.75) is 46.0 Å². The number of likely N-dealkylation sites (tertiary alicyclic amines) is 1. The zero-order valence-corrected chi connectivity index (χ0v) is 15.0. The van der Waals surface area contributed by atoms with Crippen molar-refractivity contribution >= 4 is 5.91 Å². The SMILES string of the molecule is CNCCC1CCN(C(=O)Cc2ccc(CC(C)C)cc2)CC1. The summed E-state index contributed by atoms with van der Waals surface area (Å²) >= 11 is 0. The molecule has 1 aliphatic rings. The molecule has 1 aliphatic heterocycles. The third-order valence-electron chi connectivity index (χ3n) is 4.79. The first kappa shape index (κ1) is 18.0. The number of carbonyl (C=O) groups excluding carboxylic acids is 1. The Hall–Kier alpha value is -1.35. The number of carbonyl (C=O) groups is 1. The number of hydrogen-bond acceptors (Lipinski definition) is 2. The molecule has 3 nitrogen and oxygen atoms in total. The zero-order valence-electron chi connectivity index (χ0n) is 15.0. The molecule has 0 bridgehead atoms. The van der Waals surface area contributed by atoms with E-state index in [2.05, 4.69) is 48.3 Å². The highest BCUT2D eigenvalue weighted by Crippen LogP contribution is 2.21. The van der Waals surface area contributed by atoms with E-state index in [1.54, 1.807) is 0 Å². The molecule has 1 amide bonds. The lowest BCUT2D eigenvalue weighted by atomic mass is 9.93. The van der Waals surface area contributed by atoms with Crippen molar-refractivity contribution in [3.63, 3.8) is 0 Å². The van der Waals surface area contributed by atoms with Crippen LogP contribution < -0.4 is 5.32 Å². The van der Waals surface area contributed by atoms with Gasteiger partial charge >= 0.3 is 0 Å². The van der Waals surface area contributed by atoms with Gasteiger partial charge in [0.15, 0.2) is 0 Å². The lowest BCUT2D eigenvalue weighted by molar-refractivity contribution is -0.131. The Morgan fingerprint density at radius 2 is 1.78 bits per heavy atom. The van der Waals surface area contributed by atoms with E-state index in [1.165, 1.54) is 12.0 Å². The van der Waals surface area contributed by atoms with Gasteiger partial charge in [0.1, 0.15) is 0 Å². The highest BCUT2D eigenvalue weighted by atomic mass is 16.2. The summed E-state index contributed by atoms with van der Waals surface area (Å²) in [6, 6.07) is 8.59. The van der Waals surface area contributed by atoms with E-state index in [0.29, 0.717) is 12.3 Å². The summed E-state index contributed by atoms with van der Waals surface area (Å²) in [5.41, 5.74) is 2.50. The van der Waals surface area contributed by atoms with Crippen LogP contribution in [0.2, 0.25) is 0 Å². The van der Waals surface area contributed by atoms with Crippen LogP contribution in [0.5, 0.6) is 0 Å². The third-order valence-corrected chi connectivity index (χ3v) is 4.79. The Morgan fingerprint density at radius 1 is 1.17 bits per heavy atom. The van der Waals surface area contributed by atoms with E-state index in [0.717, 1.165) is 50.4 Å². The number of nitrogens with zero attached hydrogens (tertiary/aromatic N) is 1. The Labute approximate surface area is 141 Å². The molecule has 128 valence electrons. The number of benzene rings is 1. The first-order valence-corrected chi connectivity index (χ1v) is 9.08. The molecule has 0 unspecified atom stereocenters. The summed E-state index contributed by atoms with van der Waals surface area (Å²) in [6.07, 6.45) is 5.19. The fourth-order valence-corrected chi connectivity index (χ4v) is 3.37. The largest absolute Gasteiger partial charge is 0.342 e. The highest BCUT2D eigenvalue weighted by molar-refractivity contribution is 5.78. The summed E-state index contributed by atoms with van der Waals surface area (Å²) in [6.45, 7) is 7.41. The predicted molar refractivity (Wildman–Crippen MR) is 96.5 cm³/mol. The van der Waals surface area contributed by atoms with E-state index >= 15 is 0 Å². The topological polar surface area (TPSA) is 32.3 Å². The summed E-state index contributed by atoms with van der Waals surface area (Å²) in [7, 11) is 2.01. The third kappa shape index (κ3) is 5.98. The molecule has 1 aromatic rings. The van der Waals surface area contributed by atoms with Crippen LogP contribution in [0.3, 0.4) is 0 Å². The van der Waals surface area contributed by atoms with Crippen molar-refractivity contribution in [2.24, 2.45) is 11.8 Å². The molecule has 3 heteroatoms. The molecule has 0 spiro atoms. The molecular formula is C20H32N2O. The molecule has 0 aliphatic carbocycles. The average molecular weight is 316 g/mol. The van der Waals surface area contributed by atoms with Gasteiger partial charge in [-0.25, -0.2) is 0 Å². The smallest absolute Gasteiger partial charge is 0.226 e. The van der Waals surface area contributed by atoms with Crippen molar-refractivity contribution in [3.8, 4) is 0 Å². The van der Waals surface area contributed by atoms with E-state index in [9.17, 15) is 4.79 Å². The maximum Gasteiger partial charge on any atom is 0.226 e. The Kier molecular flexibility index (Phi) is 7.10. The normalized spacial score (nSPS) is 16.1. The second-order valence-corrected chi connectivity index (χ2v) is 7.31. The lowest BCUT2D eigenvalue weighted by Gasteiger charge is -2.32. The van der Waals surface area contributed by atoms with Gasteiger partial charge in [-0.3, -0.25) is 4.79 Å². The monoisotopic (exact) mass is 316 g/mol. The van der Waals surface area contributed by atoms with Crippen LogP contribution in [0.25, 0.3) is 0 Å². The van der Waals surface area contributed by atoms with Gasteiger partial charge in [-0.15, -0.1) is 0 Å². The van der Waals surface area contributed by atoms with Crippen LogP contribution in [0.1, 0.15) is 44.2 Å². The second-order valence-electron chi connectivity index (χ2n) is 7.31. The molecule has 0 saturated carbocycles. The maximum absolute atomic E-state index is 12.5. The van der Waals surface area contributed by atoms with Crippen molar-refractivity contribution in [1.29, 1.82) is 0 Å². The fourth-order valence-electron chi connectivity index (χ4n) is 3.37. The van der Waals surface area contributed by atoms with Crippen molar-refractivity contribution in [3.05, 3.63) is 35.4 Å². The highest BCUT2D eigenvalue weighted by Gasteiger charge is 2.22. The van der Waals surface area contributed by atoms with E-state index in [-0.39, 0.29) is 5.91 Å². The Morgan fingerprint density at radius 3 is 2.35 bits per heavy atom. The first-order valence-electron chi connectivity index (χ1n) is 9.08. The number of amides is 1. The molecule has 23 heavy (non-hydrogen) atoms. The van der Waals surface area contributed by atoms with Crippen molar-refractivity contribution in [2.75, 3.05) is 26.7 Å². The summed E-state index contributed by atoms with van der Waals surface area (Å²) in [5, 5.41) is 3.22. The lowest BCUT2D eigenvalue weighted by Crippen LogP contribution is -2.39. The van der Waals surface area contributed by atoms with Crippen LogP contribution >= 0.6 is 0 Å². The molecule has 0 atom stereocenters. The van der Waals surface area contributed by atoms with Crippen LogP contribution in [0.15, 0.2) is 24.3 Å². The number of nitrogens with one attached hydrogen (secondary N) is 1. The minimum Gasteiger partial charge on any atom is -0.342 e. The zero-order chi connectivity index (χ0) is 16.7. The quantitative estimate of drug-likeness (QED) is 0.837. The second kappa shape index (κ2) is 9.07. The first-order chi connectivity index (χ1) is 11.1. The molecule has 1 N–H and O–H groups in total. The molecule has 1 fully saturated rings. The molecule has 1 heterocycles. The molecule has 0 aromatic heterocycles. The van der Waals surface area contributed by atoms with E-state index < -0.39 is 0 Å². The molecule has 1 saturated heterocycles. The molecular weight excluding hydrogens is 284 g/mol. The van der Waals surface area contributed by atoms with Crippen LogP contribution in [-0.2, 0) is 17.6 Å². The number of hydrogen-bond donors (Lipinski definition) is 1. The molecule has 0 radical (unpaired) electrons. The van der Waals surface area contributed by atoms with E-state index in [1.807, 2.05) is 7.05 Å². The Bertz CT molecular complexity index is 473. The molecule has 2 rings (SSSR count).